The minimum atomic E-state index is -0.380. The Morgan fingerprint density at radius 3 is 2.43 bits per heavy atom. The molecule has 0 saturated heterocycles. The molecular weight excluding hydrogens is 180 g/mol. The van der Waals surface area contributed by atoms with E-state index in [1.54, 1.807) is 12.0 Å². The molecule has 0 bridgehead atoms. The Balaban J connectivity index is 4.31. The first-order chi connectivity index (χ1) is 6.58. The fourth-order valence-electron chi connectivity index (χ4n) is 1.40. The Kier molecular flexibility index (Phi) is 6.49. The third-order valence-corrected chi connectivity index (χ3v) is 2.32. The number of carbonyl (C=O) groups excluding carboxylic acids is 1. The van der Waals surface area contributed by atoms with Crippen molar-refractivity contribution in [3.63, 3.8) is 0 Å². The average Bonchev–Trinajstić information content (AvgIpc) is 2.18. The zero-order valence-electron chi connectivity index (χ0n) is 9.62. The smallest absolute Gasteiger partial charge is 0.239 e. The van der Waals surface area contributed by atoms with Gasteiger partial charge in [0, 0.05) is 13.7 Å². The van der Waals surface area contributed by atoms with E-state index < -0.39 is 0 Å². The molecule has 14 heavy (non-hydrogen) atoms. The third kappa shape index (κ3) is 3.64. The second-order valence-corrected chi connectivity index (χ2v) is 3.44. The summed E-state index contributed by atoms with van der Waals surface area (Å²) in [6.45, 7) is 7.06. The van der Waals surface area contributed by atoms with E-state index in [0.29, 0.717) is 19.6 Å². The van der Waals surface area contributed by atoms with Crippen LogP contribution in [-0.2, 0) is 9.53 Å². The van der Waals surface area contributed by atoms with Crippen LogP contribution in [0.4, 0.5) is 0 Å². The molecule has 1 amide bonds. The normalized spacial score (nSPS) is 14.9. The highest BCUT2D eigenvalue weighted by Crippen LogP contribution is 2.03. The first-order valence-corrected chi connectivity index (χ1v) is 5.13. The maximum Gasteiger partial charge on any atom is 0.239 e. The van der Waals surface area contributed by atoms with Crippen molar-refractivity contribution in [3.05, 3.63) is 0 Å². The zero-order valence-corrected chi connectivity index (χ0v) is 9.62. The van der Waals surface area contributed by atoms with Crippen molar-refractivity contribution in [1.29, 1.82) is 0 Å². The van der Waals surface area contributed by atoms with E-state index in [4.69, 9.17) is 10.5 Å². The SMILES string of the molecule is CCC(N)C(=O)N(CC)C(C)COC. The van der Waals surface area contributed by atoms with Crippen LogP contribution in [0.1, 0.15) is 27.2 Å². The van der Waals surface area contributed by atoms with E-state index >= 15 is 0 Å². The minimum absolute atomic E-state index is 0.0135. The highest BCUT2D eigenvalue weighted by Gasteiger charge is 2.22. The van der Waals surface area contributed by atoms with Crippen molar-refractivity contribution in [1.82, 2.24) is 4.90 Å². The minimum Gasteiger partial charge on any atom is -0.383 e. The van der Waals surface area contributed by atoms with Gasteiger partial charge < -0.3 is 15.4 Å². The van der Waals surface area contributed by atoms with Gasteiger partial charge >= 0.3 is 0 Å². The first-order valence-electron chi connectivity index (χ1n) is 5.13. The third-order valence-electron chi connectivity index (χ3n) is 2.32. The predicted molar refractivity (Wildman–Crippen MR) is 57.0 cm³/mol. The van der Waals surface area contributed by atoms with Crippen molar-refractivity contribution in [3.8, 4) is 0 Å². The molecule has 0 spiro atoms. The molecular formula is C10H22N2O2. The van der Waals surface area contributed by atoms with Crippen molar-refractivity contribution in [2.75, 3.05) is 20.3 Å². The van der Waals surface area contributed by atoms with Crippen LogP contribution >= 0.6 is 0 Å². The molecule has 0 rings (SSSR count). The van der Waals surface area contributed by atoms with Gasteiger partial charge in [-0.05, 0) is 20.3 Å². The van der Waals surface area contributed by atoms with E-state index in [9.17, 15) is 4.79 Å². The molecule has 0 aliphatic heterocycles. The number of nitrogens with zero attached hydrogens (tertiary/aromatic N) is 1. The molecule has 0 radical (unpaired) electrons. The standard InChI is InChI=1S/C10H22N2O2/c1-5-9(11)10(13)12(6-2)8(3)7-14-4/h8-9H,5-7,11H2,1-4H3. The summed E-state index contributed by atoms with van der Waals surface area (Å²) in [6, 6.07) is -0.288. The van der Waals surface area contributed by atoms with Gasteiger partial charge in [-0.3, -0.25) is 4.79 Å². The van der Waals surface area contributed by atoms with Gasteiger partial charge in [-0.25, -0.2) is 0 Å². The Morgan fingerprint density at radius 2 is 2.07 bits per heavy atom. The number of nitrogens with two attached hydrogens (primary N) is 1. The van der Waals surface area contributed by atoms with Crippen LogP contribution < -0.4 is 5.73 Å². The van der Waals surface area contributed by atoms with E-state index in [0.717, 1.165) is 0 Å². The number of hydrogen-bond donors (Lipinski definition) is 1. The number of rotatable bonds is 6. The molecule has 0 aliphatic rings. The van der Waals surface area contributed by atoms with Crippen molar-refractivity contribution < 1.29 is 9.53 Å². The highest BCUT2D eigenvalue weighted by molar-refractivity contribution is 5.81. The van der Waals surface area contributed by atoms with Gasteiger partial charge in [0.15, 0.2) is 0 Å². The molecule has 2 atom stereocenters. The molecule has 0 aromatic heterocycles. The Hall–Kier alpha value is -0.610. The van der Waals surface area contributed by atoms with Gasteiger partial charge in [0.05, 0.1) is 18.7 Å². The summed E-state index contributed by atoms with van der Waals surface area (Å²) in [5.41, 5.74) is 5.69. The van der Waals surface area contributed by atoms with Crippen LogP contribution in [0.15, 0.2) is 0 Å². The van der Waals surface area contributed by atoms with E-state index in [1.807, 2.05) is 20.8 Å². The van der Waals surface area contributed by atoms with E-state index in [-0.39, 0.29) is 18.0 Å². The Morgan fingerprint density at radius 1 is 1.50 bits per heavy atom. The molecule has 0 aromatic carbocycles. The average molecular weight is 202 g/mol. The molecule has 0 fully saturated rings. The van der Waals surface area contributed by atoms with Gasteiger partial charge in [0.25, 0.3) is 0 Å². The maximum atomic E-state index is 11.8. The van der Waals surface area contributed by atoms with Crippen LogP contribution in [0, 0.1) is 0 Å². The molecule has 84 valence electrons. The summed E-state index contributed by atoms with van der Waals surface area (Å²) in [5, 5.41) is 0. The van der Waals surface area contributed by atoms with E-state index in [1.165, 1.54) is 0 Å². The number of methoxy groups -OCH3 is 1. The molecule has 4 heteroatoms. The quantitative estimate of drug-likeness (QED) is 0.686. The number of ether oxygens (including phenoxy) is 1. The number of likely N-dealkylation sites (N-methyl/N-ethyl adjacent to an activating group) is 1. The topological polar surface area (TPSA) is 55.6 Å². The highest BCUT2D eigenvalue weighted by atomic mass is 16.5. The summed E-state index contributed by atoms with van der Waals surface area (Å²) in [7, 11) is 1.63. The van der Waals surface area contributed by atoms with Gasteiger partial charge in [-0.15, -0.1) is 0 Å². The fraction of sp³-hybridized carbons (Fsp3) is 0.900. The van der Waals surface area contributed by atoms with Crippen LogP contribution in [0.25, 0.3) is 0 Å². The lowest BCUT2D eigenvalue weighted by molar-refractivity contribution is -0.135. The molecule has 0 heterocycles. The van der Waals surface area contributed by atoms with Crippen molar-refractivity contribution >= 4 is 5.91 Å². The second kappa shape index (κ2) is 6.79. The Labute approximate surface area is 86.4 Å². The summed E-state index contributed by atoms with van der Waals surface area (Å²) < 4.78 is 5.02. The lowest BCUT2D eigenvalue weighted by Crippen LogP contribution is -2.48. The second-order valence-electron chi connectivity index (χ2n) is 3.44. The molecule has 0 aromatic rings. The van der Waals surface area contributed by atoms with Crippen LogP contribution in [0.5, 0.6) is 0 Å². The monoisotopic (exact) mass is 202 g/mol. The summed E-state index contributed by atoms with van der Waals surface area (Å²) in [5.74, 6) is 0.0135. The van der Waals surface area contributed by atoms with Crippen LogP contribution in [0.3, 0.4) is 0 Å². The lowest BCUT2D eigenvalue weighted by Gasteiger charge is -2.29. The first kappa shape index (κ1) is 13.4. The lowest BCUT2D eigenvalue weighted by atomic mass is 10.2. The van der Waals surface area contributed by atoms with Gasteiger partial charge in [-0.1, -0.05) is 6.92 Å². The molecule has 2 N–H and O–H groups in total. The van der Waals surface area contributed by atoms with Gasteiger partial charge in [0.1, 0.15) is 0 Å². The molecule has 2 unspecified atom stereocenters. The van der Waals surface area contributed by atoms with Crippen LogP contribution in [-0.4, -0.2) is 43.2 Å². The summed E-state index contributed by atoms with van der Waals surface area (Å²) in [4.78, 5) is 13.5. The van der Waals surface area contributed by atoms with Crippen LogP contribution in [0.2, 0.25) is 0 Å². The molecule has 0 aliphatic carbocycles. The fourth-order valence-corrected chi connectivity index (χ4v) is 1.40. The predicted octanol–water partition coefficient (Wildman–Crippen LogP) is 0.607. The van der Waals surface area contributed by atoms with E-state index in [2.05, 4.69) is 0 Å². The van der Waals surface area contributed by atoms with Gasteiger partial charge in [-0.2, -0.15) is 0 Å². The number of amides is 1. The summed E-state index contributed by atoms with van der Waals surface area (Å²) >= 11 is 0. The van der Waals surface area contributed by atoms with Crippen molar-refractivity contribution in [2.45, 2.75) is 39.3 Å². The number of carbonyl (C=O) groups is 1. The Bertz CT molecular complexity index is 174. The number of hydrogen-bond acceptors (Lipinski definition) is 3. The molecule has 4 nitrogen and oxygen atoms in total. The van der Waals surface area contributed by atoms with Gasteiger partial charge in [0.2, 0.25) is 5.91 Å². The zero-order chi connectivity index (χ0) is 11.1. The largest absolute Gasteiger partial charge is 0.383 e. The van der Waals surface area contributed by atoms with Crippen molar-refractivity contribution in [2.24, 2.45) is 5.73 Å². The maximum absolute atomic E-state index is 11.8. The summed E-state index contributed by atoms with van der Waals surface area (Å²) in [6.07, 6.45) is 0.676. The molecule has 0 saturated carbocycles.